The van der Waals surface area contributed by atoms with Crippen LogP contribution in [0.15, 0.2) is 34.8 Å². The summed E-state index contributed by atoms with van der Waals surface area (Å²) in [5.41, 5.74) is 1.12. The van der Waals surface area contributed by atoms with Crippen LogP contribution >= 0.6 is 35.3 Å². The molecule has 148 valence electrons. The highest BCUT2D eigenvalue weighted by Gasteiger charge is 2.20. The van der Waals surface area contributed by atoms with Gasteiger partial charge in [-0.2, -0.15) is 0 Å². The number of aryl methyl sites for hydroxylation is 2. The summed E-state index contributed by atoms with van der Waals surface area (Å²) in [5.74, 6) is 2.09. The van der Waals surface area contributed by atoms with Gasteiger partial charge >= 0.3 is 0 Å². The molecule has 0 spiro atoms. The summed E-state index contributed by atoms with van der Waals surface area (Å²) < 4.78 is 0. The fourth-order valence-electron chi connectivity index (χ4n) is 3.05. The Balaban J connectivity index is 0.00000261. The number of hydrogen-bond acceptors (Lipinski definition) is 5. The fraction of sp³-hybridized carbons (Fsp3) is 0.526. The van der Waals surface area contributed by atoms with Crippen molar-refractivity contribution in [1.82, 2.24) is 20.2 Å². The number of nitrogens with zero attached hydrogens (tertiary/aromatic N) is 5. The molecule has 1 aliphatic rings. The minimum atomic E-state index is 0. The van der Waals surface area contributed by atoms with Crippen LogP contribution in [0.1, 0.15) is 24.0 Å². The van der Waals surface area contributed by atoms with Crippen molar-refractivity contribution in [2.75, 3.05) is 44.2 Å². The van der Waals surface area contributed by atoms with E-state index in [-0.39, 0.29) is 24.0 Å². The predicted octanol–water partition coefficient (Wildman–Crippen LogP) is 3.18. The summed E-state index contributed by atoms with van der Waals surface area (Å²) >= 11 is 1.75. The zero-order valence-corrected chi connectivity index (χ0v) is 19.2. The molecule has 8 heteroatoms. The maximum Gasteiger partial charge on any atom is 0.194 e. The van der Waals surface area contributed by atoms with Crippen LogP contribution in [0.3, 0.4) is 0 Å². The van der Waals surface area contributed by atoms with Gasteiger partial charge in [0.1, 0.15) is 5.82 Å². The molecular formula is C19H29IN6S. The van der Waals surface area contributed by atoms with Crippen LogP contribution in [0.4, 0.5) is 5.82 Å². The first-order valence-electron chi connectivity index (χ1n) is 9.36. The molecule has 0 radical (unpaired) electrons. The van der Waals surface area contributed by atoms with Crippen LogP contribution in [-0.4, -0.2) is 60.1 Å². The second kappa shape index (κ2) is 11.4. The number of anilines is 1. The van der Waals surface area contributed by atoms with Crippen molar-refractivity contribution in [2.24, 2.45) is 4.99 Å². The van der Waals surface area contributed by atoms with E-state index in [1.54, 1.807) is 11.3 Å². The molecule has 27 heavy (non-hydrogen) atoms. The Morgan fingerprint density at radius 3 is 2.70 bits per heavy atom. The zero-order chi connectivity index (χ0) is 18.2. The highest BCUT2D eigenvalue weighted by atomic mass is 127. The molecule has 1 N–H and O–H groups in total. The van der Waals surface area contributed by atoms with E-state index in [0.29, 0.717) is 0 Å². The first-order chi connectivity index (χ1) is 12.8. The van der Waals surface area contributed by atoms with Gasteiger partial charge in [-0.25, -0.2) is 9.97 Å². The quantitative estimate of drug-likeness (QED) is 0.286. The minimum absolute atomic E-state index is 0. The summed E-state index contributed by atoms with van der Waals surface area (Å²) in [6, 6.07) is 6.09. The Labute approximate surface area is 183 Å². The summed E-state index contributed by atoms with van der Waals surface area (Å²) in [7, 11) is 0. The highest BCUT2D eigenvalue weighted by Crippen LogP contribution is 2.13. The second-order valence-corrected chi connectivity index (χ2v) is 7.33. The smallest absolute Gasteiger partial charge is 0.194 e. The van der Waals surface area contributed by atoms with Gasteiger partial charge in [0, 0.05) is 63.0 Å². The van der Waals surface area contributed by atoms with Gasteiger partial charge in [-0.1, -0.05) is 6.07 Å². The van der Waals surface area contributed by atoms with E-state index in [9.17, 15) is 0 Å². The van der Waals surface area contributed by atoms with Crippen molar-refractivity contribution < 1.29 is 0 Å². The number of guanidine groups is 1. The third kappa shape index (κ3) is 6.60. The van der Waals surface area contributed by atoms with Gasteiger partial charge in [-0.15, -0.1) is 35.3 Å². The van der Waals surface area contributed by atoms with Crippen LogP contribution in [0, 0.1) is 6.92 Å². The molecule has 2 aromatic rings. The number of pyridine rings is 1. The van der Waals surface area contributed by atoms with Crippen molar-refractivity contribution in [1.29, 1.82) is 0 Å². The first kappa shape index (κ1) is 21.9. The molecule has 0 bridgehead atoms. The monoisotopic (exact) mass is 500 g/mol. The van der Waals surface area contributed by atoms with Crippen LogP contribution in [0.25, 0.3) is 0 Å². The molecule has 0 atom stereocenters. The van der Waals surface area contributed by atoms with E-state index in [1.165, 1.54) is 5.01 Å². The van der Waals surface area contributed by atoms with Crippen molar-refractivity contribution in [3.8, 4) is 0 Å². The van der Waals surface area contributed by atoms with Gasteiger partial charge < -0.3 is 15.1 Å². The Bertz CT molecular complexity index is 697. The third-order valence-electron chi connectivity index (χ3n) is 4.36. The van der Waals surface area contributed by atoms with Crippen molar-refractivity contribution in [2.45, 2.75) is 26.7 Å². The van der Waals surface area contributed by atoms with Gasteiger partial charge in [0.15, 0.2) is 5.96 Å². The van der Waals surface area contributed by atoms with Crippen molar-refractivity contribution >= 4 is 47.1 Å². The van der Waals surface area contributed by atoms with Gasteiger partial charge in [0.25, 0.3) is 0 Å². The van der Waals surface area contributed by atoms with Gasteiger partial charge in [0.05, 0.1) is 5.01 Å². The molecule has 0 aliphatic carbocycles. The van der Waals surface area contributed by atoms with Gasteiger partial charge in [-0.3, -0.25) is 4.99 Å². The molecule has 0 unspecified atom stereocenters. The Kier molecular flexibility index (Phi) is 9.26. The van der Waals surface area contributed by atoms with E-state index in [1.807, 2.05) is 25.3 Å². The lowest BCUT2D eigenvalue weighted by atomic mass is 10.3. The molecule has 0 saturated carbocycles. The SMILES string of the molecule is CCNC(=NCCCc1nc(C)cs1)N1CCN(c2ccccn2)CC1.I. The Hall–Kier alpha value is -1.42. The molecular weight excluding hydrogens is 471 g/mol. The molecule has 1 saturated heterocycles. The van der Waals surface area contributed by atoms with E-state index in [2.05, 4.69) is 43.5 Å². The Morgan fingerprint density at radius 2 is 2.07 bits per heavy atom. The lowest BCUT2D eigenvalue weighted by Crippen LogP contribution is -2.52. The van der Waals surface area contributed by atoms with Crippen LogP contribution in [0.5, 0.6) is 0 Å². The average molecular weight is 500 g/mol. The summed E-state index contributed by atoms with van der Waals surface area (Å²) in [6.45, 7) is 9.78. The molecule has 3 rings (SSSR count). The number of hydrogen-bond donors (Lipinski definition) is 1. The largest absolute Gasteiger partial charge is 0.357 e. The number of nitrogens with one attached hydrogen (secondary N) is 1. The maximum absolute atomic E-state index is 4.83. The molecule has 1 aliphatic heterocycles. The maximum atomic E-state index is 4.83. The lowest BCUT2D eigenvalue weighted by molar-refractivity contribution is 0.371. The number of rotatable bonds is 6. The molecule has 0 amide bonds. The number of aliphatic imine (C=N–C) groups is 1. The first-order valence-corrected chi connectivity index (χ1v) is 10.2. The predicted molar refractivity (Wildman–Crippen MR) is 125 cm³/mol. The van der Waals surface area contributed by atoms with Crippen molar-refractivity contribution in [3.05, 3.63) is 40.5 Å². The van der Waals surface area contributed by atoms with E-state index in [0.717, 1.165) is 69.6 Å². The van der Waals surface area contributed by atoms with E-state index < -0.39 is 0 Å². The topological polar surface area (TPSA) is 56.7 Å². The zero-order valence-electron chi connectivity index (χ0n) is 16.1. The Morgan fingerprint density at radius 1 is 1.26 bits per heavy atom. The van der Waals surface area contributed by atoms with Gasteiger partial charge in [-0.05, 0) is 32.4 Å². The van der Waals surface area contributed by atoms with Crippen LogP contribution < -0.4 is 10.2 Å². The molecule has 6 nitrogen and oxygen atoms in total. The minimum Gasteiger partial charge on any atom is -0.357 e. The number of aromatic nitrogens is 2. The summed E-state index contributed by atoms with van der Waals surface area (Å²) in [5, 5.41) is 6.77. The highest BCUT2D eigenvalue weighted by molar-refractivity contribution is 14.0. The third-order valence-corrected chi connectivity index (χ3v) is 5.39. The summed E-state index contributed by atoms with van der Waals surface area (Å²) in [4.78, 5) is 18.5. The molecule has 2 aromatic heterocycles. The molecule has 3 heterocycles. The molecule has 1 fully saturated rings. The normalized spacial score (nSPS) is 14.8. The van der Waals surface area contributed by atoms with Crippen LogP contribution in [-0.2, 0) is 6.42 Å². The number of piperazine rings is 1. The lowest BCUT2D eigenvalue weighted by Gasteiger charge is -2.37. The standard InChI is InChI=1S/C19H28N6S.HI/c1-3-20-19(22-10-6-8-18-23-16(2)15-26-18)25-13-11-24(12-14-25)17-7-4-5-9-21-17;/h4-5,7,9,15H,3,6,8,10-14H2,1-2H3,(H,20,22);1H. The number of halogens is 1. The van der Waals surface area contributed by atoms with Crippen LogP contribution in [0.2, 0.25) is 0 Å². The van der Waals surface area contributed by atoms with E-state index in [4.69, 9.17) is 4.99 Å². The van der Waals surface area contributed by atoms with Gasteiger partial charge in [0.2, 0.25) is 0 Å². The average Bonchev–Trinajstić information content (AvgIpc) is 3.10. The fourth-order valence-corrected chi connectivity index (χ4v) is 3.86. The molecule has 0 aromatic carbocycles. The second-order valence-electron chi connectivity index (χ2n) is 6.38. The number of thiazole rings is 1. The van der Waals surface area contributed by atoms with E-state index >= 15 is 0 Å². The van der Waals surface area contributed by atoms with Crippen molar-refractivity contribution in [3.63, 3.8) is 0 Å². The summed E-state index contributed by atoms with van der Waals surface area (Å²) in [6.07, 6.45) is 3.90.